The second-order valence-corrected chi connectivity index (χ2v) is 5.07. The Morgan fingerprint density at radius 1 is 1.45 bits per heavy atom. The number of aromatic nitrogens is 1. The summed E-state index contributed by atoms with van der Waals surface area (Å²) in [5, 5.41) is 4.25. The highest BCUT2D eigenvalue weighted by Gasteiger charge is 2.19. The molecule has 1 aromatic heterocycles. The number of nitrogen functional groups attached to an aromatic ring is 1. The Labute approximate surface area is 122 Å². The van der Waals surface area contributed by atoms with Crippen LogP contribution in [-0.2, 0) is 6.54 Å². The molecule has 0 bridgehead atoms. The fourth-order valence-corrected chi connectivity index (χ4v) is 2.14. The highest BCUT2D eigenvalue weighted by Crippen LogP contribution is 2.24. The second kappa shape index (κ2) is 5.54. The summed E-state index contributed by atoms with van der Waals surface area (Å²) in [5.74, 6) is 0.520. The molecule has 0 fully saturated rings. The fourth-order valence-electron chi connectivity index (χ4n) is 1.97. The summed E-state index contributed by atoms with van der Waals surface area (Å²) >= 11 is 5.94. The molecule has 0 radical (unpaired) electrons. The Balaban J connectivity index is 2.23. The average Bonchev–Trinajstić information content (AvgIpc) is 2.73. The molecule has 0 saturated heterocycles. The van der Waals surface area contributed by atoms with Crippen molar-refractivity contribution in [2.45, 2.75) is 20.4 Å². The van der Waals surface area contributed by atoms with Gasteiger partial charge in [-0.2, -0.15) is 0 Å². The van der Waals surface area contributed by atoms with Gasteiger partial charge in [-0.25, -0.2) is 0 Å². The summed E-state index contributed by atoms with van der Waals surface area (Å²) in [5.41, 5.74) is 8.22. The van der Waals surface area contributed by atoms with Crippen molar-refractivity contribution in [3.05, 3.63) is 45.8 Å². The molecular formula is C14H16ClN3O2. The van der Waals surface area contributed by atoms with E-state index in [2.05, 4.69) is 5.16 Å². The number of amides is 1. The van der Waals surface area contributed by atoms with Crippen LogP contribution in [0.4, 0.5) is 5.69 Å². The van der Waals surface area contributed by atoms with Crippen molar-refractivity contribution < 1.29 is 9.32 Å². The van der Waals surface area contributed by atoms with Crippen LogP contribution in [0.15, 0.2) is 22.7 Å². The van der Waals surface area contributed by atoms with Crippen LogP contribution >= 0.6 is 11.6 Å². The maximum Gasteiger partial charge on any atom is 0.256 e. The minimum Gasteiger partial charge on any atom is -0.397 e. The summed E-state index contributed by atoms with van der Waals surface area (Å²) < 4.78 is 5.09. The van der Waals surface area contributed by atoms with Gasteiger partial charge in [0.1, 0.15) is 5.76 Å². The first-order chi connectivity index (χ1) is 9.41. The minimum atomic E-state index is -0.190. The highest BCUT2D eigenvalue weighted by molar-refractivity contribution is 6.33. The molecule has 0 spiro atoms. The van der Waals surface area contributed by atoms with E-state index in [4.69, 9.17) is 21.9 Å². The summed E-state index contributed by atoms with van der Waals surface area (Å²) in [4.78, 5) is 14.0. The molecule has 1 heterocycles. The van der Waals surface area contributed by atoms with Crippen LogP contribution in [-0.4, -0.2) is 23.0 Å². The van der Waals surface area contributed by atoms with Gasteiger partial charge in [-0.3, -0.25) is 4.79 Å². The lowest BCUT2D eigenvalue weighted by Crippen LogP contribution is -2.27. The summed E-state index contributed by atoms with van der Waals surface area (Å²) in [7, 11) is 1.70. The monoisotopic (exact) mass is 293 g/mol. The van der Waals surface area contributed by atoms with E-state index in [-0.39, 0.29) is 5.91 Å². The number of aryl methyl sites for hydroxylation is 2. The molecule has 1 amide bonds. The van der Waals surface area contributed by atoms with Crippen LogP contribution in [0.5, 0.6) is 0 Å². The van der Waals surface area contributed by atoms with Gasteiger partial charge in [0.25, 0.3) is 5.91 Å². The Morgan fingerprint density at radius 3 is 2.75 bits per heavy atom. The van der Waals surface area contributed by atoms with Crippen LogP contribution in [0.3, 0.4) is 0 Å². The predicted octanol–water partition coefficient (Wildman–Crippen LogP) is 2.80. The summed E-state index contributed by atoms with van der Waals surface area (Å²) in [6, 6.07) is 5.02. The van der Waals surface area contributed by atoms with Crippen molar-refractivity contribution in [1.82, 2.24) is 10.1 Å². The molecule has 0 aliphatic rings. The predicted molar refractivity (Wildman–Crippen MR) is 77.6 cm³/mol. The zero-order chi connectivity index (χ0) is 14.9. The smallest absolute Gasteiger partial charge is 0.256 e. The maximum atomic E-state index is 12.4. The highest BCUT2D eigenvalue weighted by atomic mass is 35.5. The van der Waals surface area contributed by atoms with Crippen LogP contribution in [0.1, 0.15) is 27.4 Å². The molecule has 0 aliphatic heterocycles. The minimum absolute atomic E-state index is 0.190. The number of hydrogen-bond donors (Lipinski definition) is 1. The van der Waals surface area contributed by atoms with Crippen LogP contribution < -0.4 is 5.73 Å². The molecule has 20 heavy (non-hydrogen) atoms. The topological polar surface area (TPSA) is 72.4 Å². The summed E-state index contributed by atoms with van der Waals surface area (Å²) in [6.07, 6.45) is 0. The van der Waals surface area contributed by atoms with Crippen molar-refractivity contribution in [3.8, 4) is 0 Å². The van der Waals surface area contributed by atoms with E-state index in [0.29, 0.717) is 28.6 Å². The summed E-state index contributed by atoms with van der Waals surface area (Å²) in [6.45, 7) is 4.07. The third kappa shape index (κ3) is 2.63. The molecule has 6 heteroatoms. The van der Waals surface area contributed by atoms with Gasteiger partial charge in [0.15, 0.2) is 0 Å². The van der Waals surface area contributed by atoms with Gasteiger partial charge in [0.05, 0.1) is 28.5 Å². The lowest BCUT2D eigenvalue weighted by Gasteiger charge is -2.18. The standard InChI is InChI=1S/C14H16ClN3O2/c1-8-11(9(2)20-17-8)7-18(3)14(19)10-5-4-6-12(15)13(10)16/h4-6H,7,16H2,1-3H3. The second-order valence-electron chi connectivity index (χ2n) is 4.67. The lowest BCUT2D eigenvalue weighted by atomic mass is 10.1. The third-order valence-electron chi connectivity index (χ3n) is 3.21. The van der Waals surface area contributed by atoms with Crippen LogP contribution in [0, 0.1) is 13.8 Å². The van der Waals surface area contributed by atoms with Gasteiger partial charge in [-0.15, -0.1) is 0 Å². The van der Waals surface area contributed by atoms with E-state index in [1.807, 2.05) is 13.8 Å². The Hall–Kier alpha value is -2.01. The molecular weight excluding hydrogens is 278 g/mol. The van der Waals surface area contributed by atoms with Gasteiger partial charge >= 0.3 is 0 Å². The SMILES string of the molecule is Cc1noc(C)c1CN(C)C(=O)c1cccc(Cl)c1N. The van der Waals surface area contributed by atoms with Crippen molar-refractivity contribution in [2.24, 2.45) is 0 Å². The van der Waals surface area contributed by atoms with Gasteiger partial charge in [0.2, 0.25) is 0 Å². The van der Waals surface area contributed by atoms with E-state index in [9.17, 15) is 4.79 Å². The molecule has 0 unspecified atom stereocenters. The Bertz CT molecular complexity index is 632. The largest absolute Gasteiger partial charge is 0.397 e. The molecule has 2 N–H and O–H groups in total. The molecule has 2 aromatic rings. The lowest BCUT2D eigenvalue weighted by molar-refractivity contribution is 0.0785. The zero-order valence-corrected chi connectivity index (χ0v) is 12.4. The quantitative estimate of drug-likeness (QED) is 0.883. The van der Waals surface area contributed by atoms with Gasteiger partial charge in [-0.1, -0.05) is 22.8 Å². The number of benzene rings is 1. The van der Waals surface area contributed by atoms with Crippen LogP contribution in [0.25, 0.3) is 0 Å². The van der Waals surface area contributed by atoms with Crippen molar-refractivity contribution >= 4 is 23.2 Å². The zero-order valence-electron chi connectivity index (χ0n) is 11.6. The van der Waals surface area contributed by atoms with E-state index in [0.717, 1.165) is 11.3 Å². The van der Waals surface area contributed by atoms with Crippen molar-refractivity contribution in [1.29, 1.82) is 0 Å². The van der Waals surface area contributed by atoms with Gasteiger partial charge < -0.3 is 15.2 Å². The van der Waals surface area contributed by atoms with Crippen molar-refractivity contribution in [3.63, 3.8) is 0 Å². The number of nitrogens with two attached hydrogens (primary N) is 1. The van der Waals surface area contributed by atoms with E-state index >= 15 is 0 Å². The number of carbonyl (C=O) groups is 1. The number of carbonyl (C=O) groups excluding carboxylic acids is 1. The van der Waals surface area contributed by atoms with E-state index in [1.54, 1.807) is 30.1 Å². The maximum absolute atomic E-state index is 12.4. The number of para-hydroxylation sites is 1. The average molecular weight is 294 g/mol. The van der Waals surface area contributed by atoms with Gasteiger partial charge in [-0.05, 0) is 26.0 Å². The molecule has 2 rings (SSSR count). The van der Waals surface area contributed by atoms with Gasteiger partial charge in [0, 0.05) is 12.6 Å². The normalized spacial score (nSPS) is 10.6. The van der Waals surface area contributed by atoms with E-state index < -0.39 is 0 Å². The Kier molecular flexibility index (Phi) is 3.99. The molecule has 0 atom stereocenters. The molecule has 5 nitrogen and oxygen atoms in total. The molecule has 106 valence electrons. The fraction of sp³-hybridized carbons (Fsp3) is 0.286. The van der Waals surface area contributed by atoms with E-state index in [1.165, 1.54) is 0 Å². The first-order valence-electron chi connectivity index (χ1n) is 6.13. The Morgan fingerprint density at radius 2 is 2.15 bits per heavy atom. The third-order valence-corrected chi connectivity index (χ3v) is 3.54. The number of nitrogens with zero attached hydrogens (tertiary/aromatic N) is 2. The number of hydrogen-bond acceptors (Lipinski definition) is 4. The molecule has 0 aliphatic carbocycles. The molecule has 0 saturated carbocycles. The number of anilines is 1. The van der Waals surface area contributed by atoms with Crippen molar-refractivity contribution in [2.75, 3.05) is 12.8 Å². The first kappa shape index (κ1) is 14.4. The number of rotatable bonds is 3. The first-order valence-corrected chi connectivity index (χ1v) is 6.50. The molecule has 1 aromatic carbocycles. The van der Waals surface area contributed by atoms with Crippen LogP contribution in [0.2, 0.25) is 5.02 Å². The number of halogens is 1.